The summed E-state index contributed by atoms with van der Waals surface area (Å²) in [6, 6.07) is 4.21. The van der Waals surface area contributed by atoms with Crippen molar-refractivity contribution in [3.05, 3.63) is 28.5 Å². The van der Waals surface area contributed by atoms with Crippen molar-refractivity contribution in [1.82, 2.24) is 0 Å². The molecular weight excluding hydrogens is 273 g/mol. The van der Waals surface area contributed by atoms with Crippen LogP contribution in [-0.2, 0) is 4.79 Å². The van der Waals surface area contributed by atoms with E-state index in [-0.39, 0.29) is 11.7 Å². The molecule has 16 heavy (non-hydrogen) atoms. The Morgan fingerprint density at radius 1 is 1.44 bits per heavy atom. The van der Waals surface area contributed by atoms with Crippen molar-refractivity contribution in [2.45, 2.75) is 32.6 Å². The van der Waals surface area contributed by atoms with Gasteiger partial charge in [0.05, 0.1) is 5.69 Å². The van der Waals surface area contributed by atoms with Crippen LogP contribution in [0.3, 0.4) is 0 Å². The van der Waals surface area contributed by atoms with Crippen LogP contribution in [-0.4, -0.2) is 5.91 Å². The molecule has 2 nitrogen and oxygen atoms in total. The summed E-state index contributed by atoms with van der Waals surface area (Å²) in [6.07, 6.45) is 3.55. The second-order valence-electron chi connectivity index (χ2n) is 3.63. The lowest BCUT2D eigenvalue weighted by Gasteiger charge is -2.07. The number of hydrogen-bond donors (Lipinski definition) is 1. The van der Waals surface area contributed by atoms with E-state index in [9.17, 15) is 9.18 Å². The van der Waals surface area contributed by atoms with Gasteiger partial charge < -0.3 is 5.32 Å². The summed E-state index contributed by atoms with van der Waals surface area (Å²) in [7, 11) is 0. The van der Waals surface area contributed by atoms with Gasteiger partial charge in [0.1, 0.15) is 5.82 Å². The van der Waals surface area contributed by atoms with E-state index in [4.69, 9.17) is 0 Å². The third kappa shape index (κ3) is 4.31. The monoisotopic (exact) mass is 287 g/mol. The zero-order valence-corrected chi connectivity index (χ0v) is 10.8. The Kier molecular flexibility index (Phi) is 5.46. The van der Waals surface area contributed by atoms with Crippen molar-refractivity contribution in [2.24, 2.45) is 0 Å². The molecule has 0 saturated carbocycles. The molecule has 1 aromatic carbocycles. The summed E-state index contributed by atoms with van der Waals surface area (Å²) in [4.78, 5) is 11.5. The largest absolute Gasteiger partial charge is 0.325 e. The first-order chi connectivity index (χ1) is 7.63. The first-order valence-corrected chi connectivity index (χ1v) is 6.17. The van der Waals surface area contributed by atoms with Crippen molar-refractivity contribution >= 4 is 27.5 Å². The maximum Gasteiger partial charge on any atom is 0.224 e. The van der Waals surface area contributed by atoms with E-state index >= 15 is 0 Å². The fourth-order valence-corrected chi connectivity index (χ4v) is 1.79. The van der Waals surface area contributed by atoms with Crippen molar-refractivity contribution in [3.63, 3.8) is 0 Å². The van der Waals surface area contributed by atoms with E-state index in [0.29, 0.717) is 16.6 Å². The second-order valence-corrected chi connectivity index (χ2v) is 4.48. The predicted octanol–water partition coefficient (Wildman–Crippen LogP) is 4.11. The smallest absolute Gasteiger partial charge is 0.224 e. The molecule has 0 radical (unpaired) electrons. The van der Waals surface area contributed by atoms with Gasteiger partial charge >= 0.3 is 0 Å². The third-order valence-electron chi connectivity index (χ3n) is 2.21. The van der Waals surface area contributed by atoms with Gasteiger partial charge in [0.25, 0.3) is 0 Å². The molecule has 4 heteroatoms. The second kappa shape index (κ2) is 6.63. The highest BCUT2D eigenvalue weighted by atomic mass is 79.9. The Morgan fingerprint density at radius 3 is 2.81 bits per heavy atom. The standard InChI is InChI=1S/C12H15BrFNO/c1-2-3-4-5-12(16)15-11-7-6-9(14)8-10(11)13/h6-8H,2-5H2,1H3,(H,15,16). The highest BCUT2D eigenvalue weighted by Crippen LogP contribution is 2.23. The number of halogens is 2. The van der Waals surface area contributed by atoms with E-state index in [1.807, 2.05) is 0 Å². The van der Waals surface area contributed by atoms with E-state index in [0.717, 1.165) is 19.3 Å². The number of rotatable bonds is 5. The van der Waals surface area contributed by atoms with Gasteiger partial charge in [0.2, 0.25) is 5.91 Å². The van der Waals surface area contributed by atoms with Gasteiger partial charge in [-0.1, -0.05) is 19.8 Å². The average Bonchev–Trinajstić information content (AvgIpc) is 2.23. The lowest BCUT2D eigenvalue weighted by Crippen LogP contribution is -2.11. The molecule has 0 fully saturated rings. The van der Waals surface area contributed by atoms with Gasteiger partial charge in [0.15, 0.2) is 0 Å². The van der Waals surface area contributed by atoms with Gasteiger partial charge in [-0.2, -0.15) is 0 Å². The van der Waals surface area contributed by atoms with Gasteiger partial charge in [-0.15, -0.1) is 0 Å². The molecule has 0 bridgehead atoms. The highest BCUT2D eigenvalue weighted by Gasteiger charge is 2.05. The Balaban J connectivity index is 2.49. The zero-order chi connectivity index (χ0) is 12.0. The Bertz CT molecular complexity index is 368. The Labute approximate surface area is 103 Å². The van der Waals surface area contributed by atoms with Crippen LogP contribution >= 0.6 is 15.9 Å². The van der Waals surface area contributed by atoms with Gasteiger partial charge in [-0.25, -0.2) is 4.39 Å². The van der Waals surface area contributed by atoms with Gasteiger partial charge in [-0.05, 0) is 40.5 Å². The number of amides is 1. The lowest BCUT2D eigenvalue weighted by atomic mass is 10.2. The number of anilines is 1. The maximum absolute atomic E-state index is 12.8. The average molecular weight is 288 g/mol. The molecule has 0 aromatic heterocycles. The fourth-order valence-electron chi connectivity index (χ4n) is 1.34. The first-order valence-electron chi connectivity index (χ1n) is 5.38. The molecule has 1 aromatic rings. The van der Waals surface area contributed by atoms with Crippen LogP contribution in [0, 0.1) is 5.82 Å². The van der Waals surface area contributed by atoms with Crippen LogP contribution in [0.5, 0.6) is 0 Å². The van der Waals surface area contributed by atoms with Crippen molar-refractivity contribution < 1.29 is 9.18 Å². The Morgan fingerprint density at radius 2 is 2.19 bits per heavy atom. The molecule has 88 valence electrons. The van der Waals surface area contributed by atoms with Crippen LogP contribution in [0.2, 0.25) is 0 Å². The molecule has 1 N–H and O–H groups in total. The number of carbonyl (C=O) groups excluding carboxylic acids is 1. The molecule has 0 aliphatic rings. The molecule has 1 amide bonds. The van der Waals surface area contributed by atoms with Crippen LogP contribution in [0.4, 0.5) is 10.1 Å². The number of unbranched alkanes of at least 4 members (excludes halogenated alkanes) is 2. The third-order valence-corrected chi connectivity index (χ3v) is 2.87. The SMILES string of the molecule is CCCCCC(=O)Nc1ccc(F)cc1Br. The number of nitrogens with one attached hydrogen (secondary N) is 1. The first kappa shape index (κ1) is 13.2. The van der Waals surface area contributed by atoms with E-state index in [1.54, 1.807) is 6.07 Å². The Hall–Kier alpha value is -0.900. The topological polar surface area (TPSA) is 29.1 Å². The zero-order valence-electron chi connectivity index (χ0n) is 9.22. The van der Waals surface area contributed by atoms with Crippen LogP contribution in [0.15, 0.2) is 22.7 Å². The fraction of sp³-hybridized carbons (Fsp3) is 0.417. The van der Waals surface area contributed by atoms with Crippen molar-refractivity contribution in [3.8, 4) is 0 Å². The molecular formula is C12H15BrFNO. The maximum atomic E-state index is 12.8. The molecule has 0 spiro atoms. The van der Waals surface area contributed by atoms with Gasteiger partial charge in [0, 0.05) is 10.9 Å². The summed E-state index contributed by atoms with van der Waals surface area (Å²) in [6.45, 7) is 2.09. The summed E-state index contributed by atoms with van der Waals surface area (Å²) < 4.78 is 13.4. The van der Waals surface area contributed by atoms with Crippen LogP contribution in [0.1, 0.15) is 32.6 Å². The quantitative estimate of drug-likeness (QED) is 0.812. The van der Waals surface area contributed by atoms with Crippen LogP contribution in [0.25, 0.3) is 0 Å². The minimum absolute atomic E-state index is 0.0271. The number of hydrogen-bond acceptors (Lipinski definition) is 1. The molecule has 0 saturated heterocycles. The van der Waals surface area contributed by atoms with E-state index in [2.05, 4.69) is 28.2 Å². The molecule has 0 aliphatic carbocycles. The van der Waals surface area contributed by atoms with Crippen molar-refractivity contribution in [1.29, 1.82) is 0 Å². The molecule has 0 unspecified atom stereocenters. The molecule has 0 atom stereocenters. The minimum Gasteiger partial charge on any atom is -0.325 e. The number of carbonyl (C=O) groups is 1. The predicted molar refractivity (Wildman–Crippen MR) is 66.9 cm³/mol. The van der Waals surface area contributed by atoms with E-state index < -0.39 is 0 Å². The highest BCUT2D eigenvalue weighted by molar-refractivity contribution is 9.10. The summed E-state index contributed by atoms with van der Waals surface area (Å²) in [5, 5.41) is 2.74. The van der Waals surface area contributed by atoms with Crippen LogP contribution < -0.4 is 5.32 Å². The molecule has 0 aliphatic heterocycles. The molecule has 0 heterocycles. The normalized spacial score (nSPS) is 10.2. The molecule has 1 rings (SSSR count). The number of benzene rings is 1. The summed E-state index contributed by atoms with van der Waals surface area (Å²) in [5.74, 6) is -0.350. The van der Waals surface area contributed by atoms with Crippen molar-refractivity contribution in [2.75, 3.05) is 5.32 Å². The lowest BCUT2D eigenvalue weighted by molar-refractivity contribution is -0.116. The summed E-state index contributed by atoms with van der Waals surface area (Å²) >= 11 is 3.20. The summed E-state index contributed by atoms with van der Waals surface area (Å²) in [5.41, 5.74) is 0.614. The van der Waals surface area contributed by atoms with Gasteiger partial charge in [-0.3, -0.25) is 4.79 Å². The minimum atomic E-state index is -0.323. The van der Waals surface area contributed by atoms with E-state index in [1.165, 1.54) is 12.1 Å².